The molecule has 0 radical (unpaired) electrons. The van der Waals surface area contributed by atoms with Crippen molar-refractivity contribution in [2.24, 2.45) is 64.1 Å². The van der Waals surface area contributed by atoms with E-state index in [-0.39, 0.29) is 0 Å². The molecule has 1 nitrogen and oxygen atoms in total. The molecule has 0 aromatic heterocycles. The van der Waals surface area contributed by atoms with Crippen LogP contribution in [0.1, 0.15) is 144 Å². The first-order chi connectivity index (χ1) is 19.3. The van der Waals surface area contributed by atoms with Gasteiger partial charge < -0.3 is 4.74 Å². The lowest BCUT2D eigenvalue weighted by atomic mass is 9.44. The van der Waals surface area contributed by atoms with Crippen molar-refractivity contribution in [2.45, 2.75) is 150 Å². The number of hydrogen-bond acceptors (Lipinski definition) is 1. The van der Waals surface area contributed by atoms with Gasteiger partial charge >= 0.3 is 0 Å². The Kier molecular flexibility index (Phi) is 9.01. The Bertz CT molecular complexity index is 914. The van der Waals surface area contributed by atoms with Gasteiger partial charge in [0.25, 0.3) is 0 Å². The maximum absolute atomic E-state index is 6.58. The summed E-state index contributed by atoms with van der Waals surface area (Å²) in [5.41, 5.74) is 2.96. The minimum Gasteiger partial charge on any atom is -0.378 e. The number of fused-ring (bicyclic) bond motifs is 7. The smallest absolute Gasteiger partial charge is 0.0578 e. The van der Waals surface area contributed by atoms with Crippen molar-refractivity contribution in [1.82, 2.24) is 0 Å². The third-order valence-corrected chi connectivity index (χ3v) is 14.3. The fourth-order valence-electron chi connectivity index (χ4n) is 12.0. The molecule has 0 aromatic rings. The highest BCUT2D eigenvalue weighted by molar-refractivity contribution is 5.29. The molecular formula is C39H64O. The molecule has 2 unspecified atom stereocenters. The van der Waals surface area contributed by atoms with E-state index in [0.717, 1.165) is 59.9 Å². The van der Waals surface area contributed by atoms with Crippen LogP contribution < -0.4 is 0 Å². The van der Waals surface area contributed by atoms with Crippen LogP contribution in [0.4, 0.5) is 0 Å². The van der Waals surface area contributed by atoms with Crippen LogP contribution in [0.25, 0.3) is 0 Å². The largest absolute Gasteiger partial charge is 0.378 e. The fraction of sp³-hybridized carbons (Fsp3) is 0.897. The molecule has 1 heteroatoms. The minimum atomic E-state index is 0.546. The van der Waals surface area contributed by atoms with Crippen molar-refractivity contribution in [3.05, 3.63) is 23.8 Å². The third-order valence-electron chi connectivity index (χ3n) is 14.3. The predicted octanol–water partition coefficient (Wildman–Crippen LogP) is 11.2. The Morgan fingerprint density at radius 3 is 2.40 bits per heavy atom. The van der Waals surface area contributed by atoms with Gasteiger partial charge in [-0.3, -0.25) is 0 Å². The second kappa shape index (κ2) is 12.2. The summed E-state index contributed by atoms with van der Waals surface area (Å²) >= 11 is 0. The number of rotatable bonds is 12. The van der Waals surface area contributed by atoms with Gasteiger partial charge in [0.1, 0.15) is 0 Å². The molecule has 0 amide bonds. The molecule has 0 N–H and O–H groups in total. The summed E-state index contributed by atoms with van der Waals surface area (Å²) in [5.74, 6) is 8.30. The molecule has 6 aliphatic carbocycles. The van der Waals surface area contributed by atoms with Gasteiger partial charge in [0, 0.05) is 6.61 Å². The molecule has 6 rings (SSSR count). The Morgan fingerprint density at radius 2 is 1.62 bits per heavy atom. The van der Waals surface area contributed by atoms with Crippen LogP contribution in [0.3, 0.4) is 0 Å². The normalized spacial score (nSPS) is 44.4. The number of allylic oxidation sites excluding steroid dienone is 4. The van der Waals surface area contributed by atoms with Crippen LogP contribution in [0, 0.1) is 64.1 Å². The summed E-state index contributed by atoms with van der Waals surface area (Å²) in [6.07, 6.45) is 32.2. The topological polar surface area (TPSA) is 9.23 Å². The first-order valence-electron chi connectivity index (χ1n) is 18.3. The molecular weight excluding hydrogens is 484 g/mol. The number of unbranched alkanes of at least 4 members (excludes halogenated alkanes) is 2. The van der Waals surface area contributed by atoms with Gasteiger partial charge in [-0.25, -0.2) is 0 Å². The summed E-state index contributed by atoms with van der Waals surface area (Å²) in [6.45, 7) is 13.9. The van der Waals surface area contributed by atoms with Crippen molar-refractivity contribution >= 4 is 0 Å². The standard InChI is InChI=1S/C39H64O/c1-27(2)10-9-11-28(3)35-17-18-36-34-16-15-32-26-33(19-21-38(32,4)37(34)20-22-39(35,36)5)40-23-8-6-7-12-30-24-29-13-14-31(30)25-29/h13-14,24,27-29,31-37H,6-12,15-23,25-26H2,1-5H3/t28-,29?,31?,32+,33+,34+,35-,36+,37+,38+,39-/m1/s1. The zero-order valence-corrected chi connectivity index (χ0v) is 27.1. The Hall–Kier alpha value is -0.560. The summed E-state index contributed by atoms with van der Waals surface area (Å²) in [7, 11) is 0. The zero-order chi connectivity index (χ0) is 27.9. The molecule has 0 spiro atoms. The van der Waals surface area contributed by atoms with E-state index in [0.29, 0.717) is 16.9 Å². The molecule has 226 valence electrons. The summed E-state index contributed by atoms with van der Waals surface area (Å²) in [6, 6.07) is 0. The molecule has 11 atom stereocenters. The predicted molar refractivity (Wildman–Crippen MR) is 170 cm³/mol. The Balaban J connectivity index is 0.954. The van der Waals surface area contributed by atoms with Gasteiger partial charge in [-0.05, 0) is 148 Å². The second-order valence-corrected chi connectivity index (χ2v) is 16.9. The highest BCUT2D eigenvalue weighted by Gasteiger charge is 2.60. The molecule has 0 saturated heterocycles. The maximum Gasteiger partial charge on any atom is 0.0578 e. The number of ether oxygens (including phenoxy) is 1. The lowest BCUT2D eigenvalue weighted by Gasteiger charge is -2.61. The van der Waals surface area contributed by atoms with E-state index in [1.165, 1.54) is 103 Å². The van der Waals surface area contributed by atoms with E-state index in [4.69, 9.17) is 4.74 Å². The van der Waals surface area contributed by atoms with Gasteiger partial charge in [-0.15, -0.1) is 0 Å². The van der Waals surface area contributed by atoms with Crippen LogP contribution in [0.5, 0.6) is 0 Å². The quantitative estimate of drug-likeness (QED) is 0.174. The molecule has 0 heterocycles. The van der Waals surface area contributed by atoms with E-state index in [1.54, 1.807) is 12.0 Å². The third kappa shape index (κ3) is 5.69. The average molecular weight is 549 g/mol. The maximum atomic E-state index is 6.58. The zero-order valence-electron chi connectivity index (χ0n) is 27.1. The van der Waals surface area contributed by atoms with Crippen LogP contribution in [0.15, 0.2) is 23.8 Å². The van der Waals surface area contributed by atoms with Gasteiger partial charge in [0.05, 0.1) is 6.10 Å². The van der Waals surface area contributed by atoms with Crippen molar-refractivity contribution in [1.29, 1.82) is 0 Å². The first kappa shape index (κ1) is 29.5. The van der Waals surface area contributed by atoms with E-state index in [2.05, 4.69) is 52.8 Å². The highest BCUT2D eigenvalue weighted by Crippen LogP contribution is 2.68. The van der Waals surface area contributed by atoms with Crippen LogP contribution >= 0.6 is 0 Å². The minimum absolute atomic E-state index is 0.546. The van der Waals surface area contributed by atoms with Gasteiger partial charge in [0.2, 0.25) is 0 Å². The van der Waals surface area contributed by atoms with Crippen molar-refractivity contribution in [3.63, 3.8) is 0 Å². The Labute approximate surface area is 248 Å². The van der Waals surface area contributed by atoms with Crippen LogP contribution in [0.2, 0.25) is 0 Å². The molecule has 4 saturated carbocycles. The van der Waals surface area contributed by atoms with Crippen molar-refractivity contribution < 1.29 is 4.74 Å². The molecule has 4 fully saturated rings. The second-order valence-electron chi connectivity index (χ2n) is 16.9. The van der Waals surface area contributed by atoms with E-state index in [1.807, 2.05) is 0 Å². The van der Waals surface area contributed by atoms with Gasteiger partial charge in [-0.2, -0.15) is 0 Å². The summed E-state index contributed by atoms with van der Waals surface area (Å²) in [5, 5.41) is 0. The molecule has 0 aliphatic heterocycles. The average Bonchev–Trinajstić information content (AvgIpc) is 3.64. The van der Waals surface area contributed by atoms with E-state index < -0.39 is 0 Å². The molecule has 6 aliphatic rings. The van der Waals surface area contributed by atoms with E-state index in [9.17, 15) is 0 Å². The van der Waals surface area contributed by atoms with Crippen molar-refractivity contribution in [3.8, 4) is 0 Å². The van der Waals surface area contributed by atoms with Crippen molar-refractivity contribution in [2.75, 3.05) is 6.61 Å². The Morgan fingerprint density at radius 1 is 0.800 bits per heavy atom. The monoisotopic (exact) mass is 548 g/mol. The van der Waals surface area contributed by atoms with Crippen LogP contribution in [-0.4, -0.2) is 12.7 Å². The lowest BCUT2D eigenvalue weighted by molar-refractivity contribution is -0.136. The fourth-order valence-corrected chi connectivity index (χ4v) is 12.0. The molecule has 40 heavy (non-hydrogen) atoms. The summed E-state index contributed by atoms with van der Waals surface area (Å²) < 4.78 is 6.58. The SMILES string of the molecule is CC(C)CCC[C@@H](C)[C@H]1CC[C@H]2[C@@H]3CC[C@H]4C[C@@H](OCCCCCC5=CC6C=CC5C6)CC[C@]4(C)[C@H]3CC[C@]12C. The van der Waals surface area contributed by atoms with Crippen LogP contribution in [-0.2, 0) is 4.74 Å². The van der Waals surface area contributed by atoms with Gasteiger partial charge in [0.15, 0.2) is 0 Å². The molecule has 2 bridgehead atoms. The van der Waals surface area contributed by atoms with Gasteiger partial charge in [-0.1, -0.05) is 84.1 Å². The first-order valence-corrected chi connectivity index (χ1v) is 18.3. The lowest BCUT2D eigenvalue weighted by Crippen LogP contribution is -2.54. The molecule has 0 aromatic carbocycles. The number of hydrogen-bond donors (Lipinski definition) is 0. The van der Waals surface area contributed by atoms with E-state index >= 15 is 0 Å². The highest BCUT2D eigenvalue weighted by atomic mass is 16.5. The summed E-state index contributed by atoms with van der Waals surface area (Å²) in [4.78, 5) is 0.